The molecule has 35 heavy (non-hydrogen) atoms. The van der Waals surface area contributed by atoms with E-state index in [4.69, 9.17) is 11.8 Å². The van der Waals surface area contributed by atoms with Crippen molar-refractivity contribution in [2.45, 2.75) is 64.2 Å². The number of benzene rings is 2. The molecular formula is C27H35ClN4O3. The smallest absolute Gasteiger partial charge is 0.246 e. The zero-order valence-electron chi connectivity index (χ0n) is 20.5. The maximum absolute atomic E-state index is 13.6. The Bertz CT molecular complexity index is 947. The minimum Gasteiger partial charge on any atom is -0.343 e. The van der Waals surface area contributed by atoms with Gasteiger partial charge in [0.25, 0.3) is 0 Å². The lowest BCUT2D eigenvalue weighted by Crippen LogP contribution is -2.60. The Labute approximate surface area is 212 Å². The van der Waals surface area contributed by atoms with Crippen molar-refractivity contribution < 1.29 is 14.4 Å². The van der Waals surface area contributed by atoms with Crippen LogP contribution in [0.5, 0.6) is 0 Å². The summed E-state index contributed by atoms with van der Waals surface area (Å²) >= 11 is 5.59. The average molecular weight is 499 g/mol. The van der Waals surface area contributed by atoms with Crippen molar-refractivity contribution in [2.75, 3.05) is 6.54 Å². The van der Waals surface area contributed by atoms with Crippen LogP contribution < -0.4 is 15.5 Å². The first-order valence-corrected chi connectivity index (χ1v) is 12.6. The van der Waals surface area contributed by atoms with Crippen molar-refractivity contribution in [3.63, 3.8) is 0 Å². The molecule has 1 saturated heterocycles. The molecule has 8 heteroatoms. The Balaban J connectivity index is 1.82. The number of amides is 3. The van der Waals surface area contributed by atoms with Gasteiger partial charge in [-0.1, -0.05) is 74.5 Å². The van der Waals surface area contributed by atoms with Gasteiger partial charge in [-0.25, -0.2) is 4.84 Å². The van der Waals surface area contributed by atoms with Gasteiger partial charge >= 0.3 is 0 Å². The van der Waals surface area contributed by atoms with E-state index >= 15 is 0 Å². The minimum absolute atomic E-state index is 0.152. The SMILES string of the molecule is CC(NCl)C(=O)NC(C(=O)N1CCCCC1C(=O)NC(c1ccccc1)c1ccccc1)C(C)C. The maximum atomic E-state index is 13.6. The Morgan fingerprint density at radius 3 is 1.97 bits per heavy atom. The fourth-order valence-electron chi connectivity index (χ4n) is 4.38. The first-order valence-electron chi connectivity index (χ1n) is 12.2. The Hall–Kier alpha value is -2.90. The van der Waals surface area contributed by atoms with Crippen LogP contribution in [0.3, 0.4) is 0 Å². The second-order valence-electron chi connectivity index (χ2n) is 9.37. The van der Waals surface area contributed by atoms with Gasteiger partial charge in [0.15, 0.2) is 0 Å². The van der Waals surface area contributed by atoms with Crippen molar-refractivity contribution in [2.24, 2.45) is 5.92 Å². The molecule has 1 aliphatic rings. The number of carbonyl (C=O) groups is 3. The Morgan fingerprint density at radius 2 is 1.46 bits per heavy atom. The lowest BCUT2D eigenvalue weighted by Gasteiger charge is -2.38. The summed E-state index contributed by atoms with van der Waals surface area (Å²) in [6, 6.07) is 17.3. The molecule has 0 spiro atoms. The topological polar surface area (TPSA) is 90.5 Å². The van der Waals surface area contributed by atoms with Gasteiger partial charge in [-0.05, 0) is 55.0 Å². The van der Waals surface area contributed by atoms with Gasteiger partial charge in [0.2, 0.25) is 17.7 Å². The van der Waals surface area contributed by atoms with Gasteiger partial charge in [0, 0.05) is 6.54 Å². The number of rotatable bonds is 9. The van der Waals surface area contributed by atoms with Crippen molar-refractivity contribution >= 4 is 29.5 Å². The lowest BCUT2D eigenvalue weighted by atomic mass is 9.95. The molecule has 0 radical (unpaired) electrons. The van der Waals surface area contributed by atoms with Gasteiger partial charge < -0.3 is 15.5 Å². The molecule has 1 aliphatic heterocycles. The second kappa shape index (κ2) is 12.7. The van der Waals surface area contributed by atoms with Gasteiger partial charge in [-0.2, -0.15) is 0 Å². The second-order valence-corrected chi connectivity index (χ2v) is 9.59. The normalized spacial score (nSPS) is 17.7. The largest absolute Gasteiger partial charge is 0.343 e. The fraction of sp³-hybridized carbons (Fsp3) is 0.444. The molecule has 3 unspecified atom stereocenters. The molecular weight excluding hydrogens is 464 g/mol. The zero-order chi connectivity index (χ0) is 25.4. The monoisotopic (exact) mass is 498 g/mol. The quantitative estimate of drug-likeness (QED) is 0.461. The van der Waals surface area contributed by atoms with Gasteiger partial charge in [0.05, 0.1) is 12.1 Å². The number of hydrogen-bond donors (Lipinski definition) is 3. The summed E-state index contributed by atoms with van der Waals surface area (Å²) in [6.45, 7) is 5.85. The van der Waals surface area contributed by atoms with E-state index < -0.39 is 18.1 Å². The molecule has 188 valence electrons. The van der Waals surface area contributed by atoms with Gasteiger partial charge in [0.1, 0.15) is 12.1 Å². The number of halogens is 1. The molecule has 0 saturated carbocycles. The number of likely N-dealkylation sites (tertiary alicyclic amines) is 1. The van der Waals surface area contributed by atoms with E-state index in [1.165, 1.54) is 0 Å². The van der Waals surface area contributed by atoms with Crippen molar-refractivity contribution in [3.05, 3.63) is 71.8 Å². The van der Waals surface area contributed by atoms with E-state index in [0.717, 1.165) is 24.0 Å². The van der Waals surface area contributed by atoms with Gasteiger partial charge in [-0.3, -0.25) is 14.4 Å². The number of nitrogens with zero attached hydrogens (tertiary/aromatic N) is 1. The third kappa shape index (κ3) is 6.83. The first-order chi connectivity index (χ1) is 16.8. The molecule has 3 rings (SSSR count). The molecule has 2 aromatic rings. The predicted octanol–water partition coefficient (Wildman–Crippen LogP) is 3.55. The van der Waals surface area contributed by atoms with Crippen LogP contribution in [0.4, 0.5) is 0 Å². The minimum atomic E-state index is -0.748. The molecule has 0 aromatic heterocycles. The van der Waals surface area contributed by atoms with E-state index in [1.54, 1.807) is 11.8 Å². The van der Waals surface area contributed by atoms with Crippen LogP contribution in [0.1, 0.15) is 57.2 Å². The predicted molar refractivity (Wildman–Crippen MR) is 137 cm³/mol. The average Bonchev–Trinajstić information content (AvgIpc) is 2.90. The number of nitrogens with one attached hydrogen (secondary N) is 3. The van der Waals surface area contributed by atoms with Crippen LogP contribution in [-0.4, -0.2) is 47.3 Å². The molecule has 7 nitrogen and oxygen atoms in total. The molecule has 2 aromatic carbocycles. The third-order valence-corrected chi connectivity index (χ3v) is 6.76. The van der Waals surface area contributed by atoms with Crippen LogP contribution >= 0.6 is 11.8 Å². The molecule has 3 N–H and O–H groups in total. The number of carbonyl (C=O) groups excluding carboxylic acids is 3. The van der Waals surface area contributed by atoms with Crippen molar-refractivity contribution in [3.8, 4) is 0 Å². The third-order valence-electron chi connectivity index (χ3n) is 6.43. The van der Waals surface area contributed by atoms with Crippen molar-refractivity contribution in [1.82, 2.24) is 20.4 Å². The summed E-state index contributed by atoms with van der Waals surface area (Å²) in [6.07, 6.45) is 2.25. The van der Waals surface area contributed by atoms with Crippen LogP contribution in [-0.2, 0) is 14.4 Å². The number of hydrogen-bond acceptors (Lipinski definition) is 4. The summed E-state index contributed by atoms with van der Waals surface area (Å²) in [4.78, 5) is 43.7. The highest BCUT2D eigenvalue weighted by atomic mass is 35.5. The molecule has 1 heterocycles. The van der Waals surface area contributed by atoms with Crippen LogP contribution in [0, 0.1) is 5.92 Å². The van der Waals surface area contributed by atoms with Crippen LogP contribution in [0.2, 0.25) is 0 Å². The summed E-state index contributed by atoms with van der Waals surface area (Å²) in [7, 11) is 0. The van der Waals surface area contributed by atoms with Crippen LogP contribution in [0.15, 0.2) is 60.7 Å². The van der Waals surface area contributed by atoms with Crippen LogP contribution in [0.25, 0.3) is 0 Å². The van der Waals surface area contributed by atoms with E-state index in [9.17, 15) is 14.4 Å². The van der Waals surface area contributed by atoms with E-state index in [1.807, 2.05) is 74.5 Å². The van der Waals surface area contributed by atoms with Gasteiger partial charge in [-0.15, -0.1) is 0 Å². The zero-order valence-corrected chi connectivity index (χ0v) is 21.3. The molecule has 1 fully saturated rings. The fourth-order valence-corrected chi connectivity index (χ4v) is 4.48. The summed E-state index contributed by atoms with van der Waals surface area (Å²) in [5.74, 6) is -0.953. The summed E-state index contributed by atoms with van der Waals surface area (Å²) in [5, 5.41) is 6.00. The van der Waals surface area contributed by atoms with E-state index in [0.29, 0.717) is 13.0 Å². The standard InChI is InChI=1S/C27H35ClN4O3/c1-18(2)23(29-25(33)19(3)31-28)27(35)32-17-11-10-16-22(32)26(34)30-24(20-12-6-4-7-13-20)21-14-8-5-9-15-21/h4-9,12-15,18-19,22-24,31H,10-11,16-17H2,1-3H3,(H,29,33)(H,30,34). The Morgan fingerprint density at radius 1 is 0.886 bits per heavy atom. The molecule has 0 aliphatic carbocycles. The van der Waals surface area contributed by atoms with E-state index in [-0.39, 0.29) is 29.7 Å². The first kappa shape index (κ1) is 26.7. The lowest BCUT2D eigenvalue weighted by molar-refractivity contribution is -0.146. The maximum Gasteiger partial charge on any atom is 0.246 e. The number of piperidine rings is 1. The van der Waals surface area contributed by atoms with E-state index in [2.05, 4.69) is 15.5 Å². The van der Waals surface area contributed by atoms with Crippen molar-refractivity contribution in [1.29, 1.82) is 0 Å². The highest BCUT2D eigenvalue weighted by Gasteiger charge is 2.38. The summed E-state index contributed by atoms with van der Waals surface area (Å²) < 4.78 is 0. The molecule has 0 bridgehead atoms. The Kier molecular flexibility index (Phi) is 9.69. The highest BCUT2D eigenvalue weighted by molar-refractivity contribution is 6.15. The molecule has 3 atom stereocenters. The highest BCUT2D eigenvalue weighted by Crippen LogP contribution is 2.25. The summed E-state index contributed by atoms with van der Waals surface area (Å²) in [5.41, 5.74) is 1.94. The molecule has 3 amide bonds.